The Bertz CT molecular complexity index is 877. The van der Waals surface area contributed by atoms with Crippen LogP contribution in [-0.2, 0) is 32.0 Å². The number of nitrogens with one attached hydrogen (secondary N) is 1. The molecule has 2 rings (SSSR count). The number of aryl methyl sites for hydroxylation is 1. The summed E-state index contributed by atoms with van der Waals surface area (Å²) in [4.78, 5) is 0. The van der Waals surface area contributed by atoms with Crippen LogP contribution >= 0.6 is 0 Å². The Morgan fingerprint density at radius 2 is 1.72 bits per heavy atom. The number of rotatable bonds is 10. The van der Waals surface area contributed by atoms with Gasteiger partial charge in [0.25, 0.3) is 0 Å². The summed E-state index contributed by atoms with van der Waals surface area (Å²) in [5, 5.41) is 6.78. The van der Waals surface area contributed by atoms with Crippen LogP contribution < -0.4 is 4.72 Å². The van der Waals surface area contributed by atoms with Gasteiger partial charge in [-0.1, -0.05) is 41.9 Å². The number of benzene rings is 1. The van der Waals surface area contributed by atoms with Crippen molar-refractivity contribution in [3.05, 3.63) is 41.8 Å². The van der Waals surface area contributed by atoms with Crippen LogP contribution in [0.5, 0.6) is 0 Å². The first kappa shape index (κ1) is 19.5. The van der Waals surface area contributed by atoms with E-state index in [1.807, 2.05) is 6.07 Å². The molecular weight excluding hydrogens is 366 g/mol. The van der Waals surface area contributed by atoms with Crippen molar-refractivity contribution in [3.8, 4) is 0 Å². The van der Waals surface area contributed by atoms with Crippen LogP contribution in [0.2, 0.25) is 0 Å². The fraction of sp³-hybridized carbons (Fsp3) is 0.467. The van der Waals surface area contributed by atoms with Crippen LogP contribution in [0, 0.1) is 0 Å². The van der Waals surface area contributed by atoms with Gasteiger partial charge in [0.05, 0.1) is 5.75 Å². The van der Waals surface area contributed by atoms with Crippen LogP contribution in [-0.4, -0.2) is 39.8 Å². The molecule has 0 saturated heterocycles. The molecule has 1 heterocycles. The average Bonchev–Trinajstić information content (AvgIpc) is 3.00. The third kappa shape index (κ3) is 6.92. The van der Waals surface area contributed by atoms with Crippen LogP contribution in [0.1, 0.15) is 30.7 Å². The van der Waals surface area contributed by atoms with Gasteiger partial charge in [-0.25, -0.2) is 21.6 Å². The molecule has 0 aliphatic rings. The second kappa shape index (κ2) is 8.54. The van der Waals surface area contributed by atoms with Gasteiger partial charge in [-0.2, -0.15) is 0 Å². The summed E-state index contributed by atoms with van der Waals surface area (Å²) in [6.45, 7) is 0.355. The summed E-state index contributed by atoms with van der Waals surface area (Å²) in [6.07, 6.45) is 3.59. The predicted octanol–water partition coefficient (Wildman–Crippen LogP) is 1.31. The molecular formula is C15H21N3O5S2. The molecule has 138 valence electrons. The van der Waals surface area contributed by atoms with E-state index >= 15 is 0 Å². The quantitative estimate of drug-likeness (QED) is 0.610. The number of hydrogen-bond donors (Lipinski definition) is 1. The molecule has 25 heavy (non-hydrogen) atoms. The van der Waals surface area contributed by atoms with Crippen molar-refractivity contribution < 1.29 is 21.3 Å². The monoisotopic (exact) mass is 387 g/mol. The van der Waals surface area contributed by atoms with Crippen molar-refractivity contribution in [3.63, 3.8) is 0 Å². The van der Waals surface area contributed by atoms with E-state index in [1.54, 1.807) is 24.3 Å². The molecule has 1 aromatic heterocycles. The van der Waals surface area contributed by atoms with Gasteiger partial charge < -0.3 is 4.42 Å². The largest absolute Gasteiger partial charge is 0.413 e. The molecule has 0 radical (unpaired) electrons. The molecule has 0 fully saturated rings. The van der Waals surface area contributed by atoms with Crippen LogP contribution in [0.15, 0.2) is 40.0 Å². The topological polar surface area (TPSA) is 119 Å². The maximum atomic E-state index is 11.9. The number of nitrogens with zero attached hydrogens (tertiary/aromatic N) is 2. The van der Waals surface area contributed by atoms with E-state index in [0.29, 0.717) is 25.8 Å². The van der Waals surface area contributed by atoms with E-state index in [9.17, 15) is 16.8 Å². The van der Waals surface area contributed by atoms with Gasteiger partial charge in [-0.3, -0.25) is 0 Å². The molecule has 1 N–H and O–H groups in total. The van der Waals surface area contributed by atoms with Crippen LogP contribution in [0.3, 0.4) is 0 Å². The van der Waals surface area contributed by atoms with Gasteiger partial charge in [0.1, 0.15) is 0 Å². The summed E-state index contributed by atoms with van der Waals surface area (Å²) >= 11 is 0. The minimum absolute atomic E-state index is 0.0376. The molecule has 0 aliphatic heterocycles. The van der Waals surface area contributed by atoms with E-state index in [1.165, 1.54) is 0 Å². The Balaban J connectivity index is 1.65. The lowest BCUT2D eigenvalue weighted by atomic mass is 10.2. The molecule has 10 heteroatoms. The standard InChI is InChI=1S/C15H21N3O5S2/c1-24(19,20)15-18-17-14(23-15)10-6-3-7-11-16-25(21,22)12-13-8-4-2-5-9-13/h2,4-5,8-9,16H,3,6-7,10-12H2,1H3. The zero-order valence-corrected chi connectivity index (χ0v) is 15.5. The van der Waals surface area contributed by atoms with Gasteiger partial charge in [-0.15, -0.1) is 5.10 Å². The summed E-state index contributed by atoms with van der Waals surface area (Å²) in [6, 6.07) is 8.99. The molecule has 2 aromatic rings. The second-order valence-electron chi connectivity index (χ2n) is 5.68. The number of sulfone groups is 1. The highest BCUT2D eigenvalue weighted by atomic mass is 32.2. The minimum Gasteiger partial charge on any atom is -0.413 e. The van der Waals surface area contributed by atoms with E-state index in [-0.39, 0.29) is 16.9 Å². The number of aromatic nitrogens is 2. The molecule has 0 aliphatic carbocycles. The second-order valence-corrected chi connectivity index (χ2v) is 9.38. The van der Waals surface area contributed by atoms with Crippen molar-refractivity contribution >= 4 is 19.9 Å². The predicted molar refractivity (Wildman–Crippen MR) is 92.0 cm³/mol. The first-order valence-corrected chi connectivity index (χ1v) is 11.3. The third-order valence-corrected chi connectivity index (χ3v) is 5.51. The lowest BCUT2D eigenvalue weighted by Crippen LogP contribution is -2.26. The highest BCUT2D eigenvalue weighted by Gasteiger charge is 2.16. The molecule has 0 saturated carbocycles. The minimum atomic E-state index is -3.48. The lowest BCUT2D eigenvalue weighted by molar-refractivity contribution is 0.392. The molecule has 1 aromatic carbocycles. The Kier molecular flexibility index (Phi) is 6.68. The van der Waals surface area contributed by atoms with Gasteiger partial charge in [-0.05, 0) is 18.4 Å². The van der Waals surface area contributed by atoms with Gasteiger partial charge >= 0.3 is 5.22 Å². The zero-order valence-electron chi connectivity index (χ0n) is 13.9. The normalized spacial score (nSPS) is 12.4. The van der Waals surface area contributed by atoms with Crippen molar-refractivity contribution in [2.24, 2.45) is 0 Å². The number of hydrogen-bond acceptors (Lipinski definition) is 7. The maximum absolute atomic E-state index is 11.9. The van der Waals surface area contributed by atoms with Crippen molar-refractivity contribution in [2.75, 3.05) is 12.8 Å². The number of sulfonamides is 1. The molecule has 8 nitrogen and oxygen atoms in total. The summed E-state index contributed by atoms with van der Waals surface area (Å²) < 4.78 is 54.0. The van der Waals surface area contributed by atoms with Crippen LogP contribution in [0.25, 0.3) is 0 Å². The molecule has 0 atom stereocenters. The van der Waals surface area contributed by atoms with E-state index in [4.69, 9.17) is 4.42 Å². The van der Waals surface area contributed by atoms with Crippen molar-refractivity contribution in [1.29, 1.82) is 0 Å². The Hall–Kier alpha value is -1.78. The third-order valence-electron chi connectivity index (χ3n) is 3.35. The smallest absolute Gasteiger partial charge is 0.335 e. The molecule has 0 bridgehead atoms. The molecule has 0 amide bonds. The summed E-state index contributed by atoms with van der Waals surface area (Å²) in [5.74, 6) is 0.231. The van der Waals surface area contributed by atoms with Crippen molar-refractivity contribution in [1.82, 2.24) is 14.9 Å². The van der Waals surface area contributed by atoms with E-state index in [2.05, 4.69) is 14.9 Å². The van der Waals surface area contributed by atoms with Gasteiger partial charge in [0.15, 0.2) is 0 Å². The van der Waals surface area contributed by atoms with Crippen LogP contribution in [0.4, 0.5) is 0 Å². The Labute approximate surface area is 147 Å². The Morgan fingerprint density at radius 3 is 2.36 bits per heavy atom. The summed E-state index contributed by atoms with van der Waals surface area (Å²) in [5.41, 5.74) is 0.744. The van der Waals surface area contributed by atoms with Gasteiger partial charge in [0, 0.05) is 19.2 Å². The van der Waals surface area contributed by atoms with Crippen molar-refractivity contribution in [2.45, 2.75) is 36.7 Å². The first-order valence-electron chi connectivity index (χ1n) is 7.80. The van der Waals surface area contributed by atoms with E-state index in [0.717, 1.165) is 18.2 Å². The molecule has 0 unspecified atom stereocenters. The highest BCUT2D eigenvalue weighted by molar-refractivity contribution is 7.90. The first-order chi connectivity index (χ1) is 11.8. The number of unbranched alkanes of at least 4 members (excludes halogenated alkanes) is 2. The Morgan fingerprint density at radius 1 is 1.00 bits per heavy atom. The van der Waals surface area contributed by atoms with E-state index < -0.39 is 19.9 Å². The summed E-state index contributed by atoms with van der Waals surface area (Å²) in [7, 11) is -6.82. The van der Waals surface area contributed by atoms with Gasteiger partial charge in [0.2, 0.25) is 25.8 Å². The molecule has 0 spiro atoms. The SMILES string of the molecule is CS(=O)(=O)c1nnc(CCCCCNS(=O)(=O)Cc2ccccc2)o1. The lowest BCUT2D eigenvalue weighted by Gasteiger charge is -2.06. The maximum Gasteiger partial charge on any atom is 0.335 e. The average molecular weight is 387 g/mol. The zero-order chi connectivity index (χ0) is 18.3. The fourth-order valence-electron chi connectivity index (χ4n) is 2.14. The fourth-order valence-corrected chi connectivity index (χ4v) is 3.76. The highest BCUT2D eigenvalue weighted by Crippen LogP contribution is 2.10.